The number of hydrogen-bond donors (Lipinski definition) is 1. The first-order chi connectivity index (χ1) is 10.3. The molecule has 2 aromatic rings. The van der Waals surface area contributed by atoms with Crippen LogP contribution in [0, 0.1) is 5.92 Å². The molecule has 3 atom stereocenters. The molecule has 21 heavy (non-hydrogen) atoms. The van der Waals surface area contributed by atoms with Gasteiger partial charge in [-0.25, -0.2) is 5.06 Å². The molecule has 1 aromatic carbocycles. The topological polar surface area (TPSA) is 58.6 Å². The predicted octanol–water partition coefficient (Wildman–Crippen LogP) is 1.88. The fourth-order valence-electron chi connectivity index (χ4n) is 2.88. The quantitative estimate of drug-likeness (QED) is 0.860. The molecule has 0 radical (unpaired) electrons. The van der Waals surface area contributed by atoms with Crippen LogP contribution in [-0.4, -0.2) is 17.9 Å². The lowest BCUT2D eigenvalue weighted by Gasteiger charge is -2.25. The van der Waals surface area contributed by atoms with Crippen LogP contribution in [0.4, 0.5) is 5.69 Å². The fourth-order valence-corrected chi connectivity index (χ4v) is 3.73. The van der Waals surface area contributed by atoms with Crippen molar-refractivity contribution in [3.05, 3.63) is 52.7 Å². The van der Waals surface area contributed by atoms with E-state index in [9.17, 15) is 9.59 Å². The van der Waals surface area contributed by atoms with Crippen LogP contribution in [0.15, 0.2) is 47.8 Å². The zero-order chi connectivity index (χ0) is 14.4. The van der Waals surface area contributed by atoms with Crippen molar-refractivity contribution in [3.63, 3.8) is 0 Å². The van der Waals surface area contributed by atoms with Gasteiger partial charge in [0.1, 0.15) is 12.0 Å². The maximum absolute atomic E-state index is 12.1. The van der Waals surface area contributed by atoms with E-state index in [2.05, 4.69) is 5.32 Å². The van der Waals surface area contributed by atoms with Crippen molar-refractivity contribution in [2.45, 2.75) is 12.1 Å². The Morgan fingerprint density at radius 1 is 1.05 bits per heavy atom. The summed E-state index contributed by atoms with van der Waals surface area (Å²) in [5.74, 6) is -1.12. The van der Waals surface area contributed by atoms with Crippen LogP contribution in [0.5, 0.6) is 0 Å². The number of hydroxylamine groups is 1. The number of imide groups is 1. The summed E-state index contributed by atoms with van der Waals surface area (Å²) in [6.45, 7) is 0. The summed E-state index contributed by atoms with van der Waals surface area (Å²) >= 11 is 1.56. The van der Waals surface area contributed by atoms with Crippen molar-refractivity contribution in [1.29, 1.82) is 0 Å². The van der Waals surface area contributed by atoms with Crippen molar-refractivity contribution < 1.29 is 14.4 Å². The summed E-state index contributed by atoms with van der Waals surface area (Å²) in [6, 6.07) is 13.2. The molecule has 2 fully saturated rings. The van der Waals surface area contributed by atoms with Gasteiger partial charge >= 0.3 is 0 Å². The molecule has 3 heterocycles. The number of para-hydroxylation sites is 1. The molecule has 2 aliphatic rings. The standard InChI is InChI=1S/C15H12N2O3S/c18-14-11-12(10-7-4-8-21-10)17(9-5-2-1-3-6-9)20-13(11)15(19)16-14/h1-8,11-13H,(H,16,18,19)/t11-,12-,13-/m1/s1. The highest BCUT2D eigenvalue weighted by molar-refractivity contribution is 7.10. The number of rotatable bonds is 2. The van der Waals surface area contributed by atoms with Gasteiger partial charge in [0.05, 0.1) is 5.69 Å². The first kappa shape index (κ1) is 12.6. The minimum absolute atomic E-state index is 0.262. The van der Waals surface area contributed by atoms with Crippen molar-refractivity contribution >= 4 is 28.8 Å². The van der Waals surface area contributed by atoms with E-state index in [1.54, 1.807) is 16.4 Å². The number of nitrogens with zero attached hydrogens (tertiary/aromatic N) is 1. The molecule has 0 unspecified atom stereocenters. The van der Waals surface area contributed by atoms with Gasteiger partial charge in [0.25, 0.3) is 5.91 Å². The Morgan fingerprint density at radius 2 is 1.86 bits per heavy atom. The van der Waals surface area contributed by atoms with E-state index in [4.69, 9.17) is 4.84 Å². The maximum Gasteiger partial charge on any atom is 0.259 e. The van der Waals surface area contributed by atoms with Crippen molar-refractivity contribution in [3.8, 4) is 0 Å². The van der Waals surface area contributed by atoms with Gasteiger partial charge in [-0.1, -0.05) is 24.3 Å². The minimum Gasteiger partial charge on any atom is -0.294 e. The van der Waals surface area contributed by atoms with Crippen molar-refractivity contribution in [2.75, 3.05) is 5.06 Å². The van der Waals surface area contributed by atoms with Crippen LogP contribution >= 0.6 is 11.3 Å². The molecule has 0 aliphatic carbocycles. The third-order valence-corrected chi connectivity index (χ3v) is 4.74. The van der Waals surface area contributed by atoms with E-state index in [1.165, 1.54) is 0 Å². The molecule has 1 N–H and O–H groups in total. The maximum atomic E-state index is 12.1. The van der Waals surface area contributed by atoms with E-state index in [0.29, 0.717) is 0 Å². The third-order valence-electron chi connectivity index (χ3n) is 3.80. The lowest BCUT2D eigenvalue weighted by molar-refractivity contribution is -0.129. The van der Waals surface area contributed by atoms with Crippen LogP contribution in [0.1, 0.15) is 10.9 Å². The Labute approximate surface area is 125 Å². The summed E-state index contributed by atoms with van der Waals surface area (Å²) in [5, 5.41) is 6.01. The van der Waals surface area contributed by atoms with Gasteiger partial charge < -0.3 is 0 Å². The van der Waals surface area contributed by atoms with Gasteiger partial charge in [-0.3, -0.25) is 19.7 Å². The largest absolute Gasteiger partial charge is 0.294 e. The van der Waals surface area contributed by atoms with E-state index < -0.39 is 12.0 Å². The summed E-state index contributed by atoms with van der Waals surface area (Å²) in [7, 11) is 0. The highest BCUT2D eigenvalue weighted by Gasteiger charge is 2.56. The molecule has 0 saturated carbocycles. The van der Waals surface area contributed by atoms with Crippen LogP contribution in [0.3, 0.4) is 0 Å². The molecule has 2 amide bonds. The van der Waals surface area contributed by atoms with E-state index in [1.807, 2.05) is 47.8 Å². The Morgan fingerprint density at radius 3 is 2.57 bits per heavy atom. The second kappa shape index (κ2) is 4.68. The van der Waals surface area contributed by atoms with Gasteiger partial charge in [0.2, 0.25) is 5.91 Å². The normalized spacial score (nSPS) is 27.8. The number of amides is 2. The highest BCUT2D eigenvalue weighted by Crippen LogP contribution is 2.45. The number of hydrogen-bond acceptors (Lipinski definition) is 5. The van der Waals surface area contributed by atoms with E-state index >= 15 is 0 Å². The summed E-state index contributed by atoms with van der Waals surface area (Å²) in [4.78, 5) is 30.8. The van der Waals surface area contributed by atoms with Crippen molar-refractivity contribution in [2.24, 2.45) is 5.92 Å². The SMILES string of the molecule is O=C1NC(=O)[C@@H]2ON(c3ccccc3)[C@H](c3cccs3)[C@@H]12. The second-order valence-electron chi connectivity index (χ2n) is 5.03. The number of carbonyl (C=O) groups is 2. The molecule has 0 bridgehead atoms. The molecule has 0 spiro atoms. The lowest BCUT2D eigenvalue weighted by atomic mass is 9.95. The number of benzene rings is 1. The van der Waals surface area contributed by atoms with Gasteiger partial charge in [-0.15, -0.1) is 11.3 Å². The molecule has 106 valence electrons. The number of fused-ring (bicyclic) bond motifs is 1. The monoisotopic (exact) mass is 300 g/mol. The second-order valence-corrected chi connectivity index (χ2v) is 6.01. The minimum atomic E-state index is -0.746. The van der Waals surface area contributed by atoms with Crippen LogP contribution < -0.4 is 10.4 Å². The zero-order valence-corrected chi connectivity index (χ0v) is 11.7. The van der Waals surface area contributed by atoms with Gasteiger partial charge in [0, 0.05) is 4.88 Å². The first-order valence-corrected chi connectivity index (χ1v) is 7.53. The number of thiophene rings is 1. The van der Waals surface area contributed by atoms with Crippen LogP contribution in [-0.2, 0) is 14.4 Å². The van der Waals surface area contributed by atoms with Gasteiger partial charge in [0.15, 0.2) is 6.10 Å². The molecule has 2 saturated heterocycles. The molecule has 4 rings (SSSR count). The van der Waals surface area contributed by atoms with Gasteiger partial charge in [-0.2, -0.15) is 0 Å². The third kappa shape index (κ3) is 1.87. The summed E-state index contributed by atoms with van der Waals surface area (Å²) in [5.41, 5.74) is 0.839. The van der Waals surface area contributed by atoms with Crippen molar-refractivity contribution in [1.82, 2.24) is 5.32 Å². The Hall–Kier alpha value is -2.18. The Bertz CT molecular complexity index is 686. The molecule has 1 aromatic heterocycles. The predicted molar refractivity (Wildman–Crippen MR) is 77.5 cm³/mol. The van der Waals surface area contributed by atoms with Gasteiger partial charge in [-0.05, 0) is 23.6 Å². The van der Waals surface area contributed by atoms with Crippen LogP contribution in [0.25, 0.3) is 0 Å². The zero-order valence-electron chi connectivity index (χ0n) is 10.9. The Kier molecular flexibility index (Phi) is 2.80. The van der Waals surface area contributed by atoms with E-state index in [-0.39, 0.29) is 17.9 Å². The molecular formula is C15H12N2O3S. The summed E-state index contributed by atoms with van der Waals surface area (Å²) in [6.07, 6.45) is -0.746. The first-order valence-electron chi connectivity index (χ1n) is 6.65. The lowest BCUT2D eigenvalue weighted by Crippen LogP contribution is -2.32. The number of anilines is 1. The number of carbonyl (C=O) groups excluding carboxylic acids is 2. The molecular weight excluding hydrogens is 288 g/mol. The smallest absolute Gasteiger partial charge is 0.259 e. The molecule has 5 nitrogen and oxygen atoms in total. The fraction of sp³-hybridized carbons (Fsp3) is 0.200. The average molecular weight is 300 g/mol. The molecule has 6 heteroatoms. The molecule has 2 aliphatic heterocycles. The highest BCUT2D eigenvalue weighted by atomic mass is 32.1. The average Bonchev–Trinajstić information content (AvgIpc) is 3.19. The Balaban J connectivity index is 1.80. The summed E-state index contributed by atoms with van der Waals surface area (Å²) < 4.78 is 0. The number of nitrogens with one attached hydrogen (secondary N) is 1. The van der Waals surface area contributed by atoms with E-state index in [0.717, 1.165) is 10.6 Å². The van der Waals surface area contributed by atoms with Crippen LogP contribution in [0.2, 0.25) is 0 Å².